The molecule has 0 spiro atoms. The molecule has 0 unspecified atom stereocenters. The van der Waals surface area contributed by atoms with Gasteiger partial charge in [0.15, 0.2) is 0 Å². The summed E-state index contributed by atoms with van der Waals surface area (Å²) in [6.07, 6.45) is 0. The Morgan fingerprint density at radius 2 is 0.755 bits per heavy atom. The Morgan fingerprint density at radius 1 is 0.377 bits per heavy atom. The predicted octanol–water partition coefficient (Wildman–Crippen LogP) is 11.7. The highest BCUT2D eigenvalue weighted by atomic mass is 31.2. The lowest BCUT2D eigenvalue weighted by Gasteiger charge is -2.26. The maximum absolute atomic E-state index is 17.0. The predicted molar refractivity (Wildman–Crippen MR) is 219 cm³/mol. The molecule has 0 bridgehead atoms. The van der Waals surface area contributed by atoms with Gasteiger partial charge in [-0.3, -0.25) is 18.1 Å². The third kappa shape index (κ3) is 4.91. The van der Waals surface area contributed by atoms with Crippen molar-refractivity contribution >= 4 is 73.7 Å². The molecular weight excluding hydrogens is 670 g/mol. The van der Waals surface area contributed by atoms with Crippen LogP contribution in [-0.4, -0.2) is 18.6 Å². The van der Waals surface area contributed by atoms with Crippen molar-refractivity contribution < 1.29 is 4.57 Å². The molecule has 10 rings (SSSR count). The van der Waals surface area contributed by atoms with Gasteiger partial charge in [-0.1, -0.05) is 121 Å². The van der Waals surface area contributed by atoms with E-state index >= 15 is 4.57 Å². The summed E-state index contributed by atoms with van der Waals surface area (Å²) in [4.78, 5) is 12.7. The second kappa shape index (κ2) is 12.5. The second-order valence-electron chi connectivity index (χ2n) is 13.0. The van der Waals surface area contributed by atoms with Crippen molar-refractivity contribution in [2.24, 2.45) is 0 Å². The third-order valence-corrected chi connectivity index (χ3v) is 12.7. The molecule has 0 aliphatic carbocycles. The van der Waals surface area contributed by atoms with Gasteiger partial charge in [0.25, 0.3) is 0 Å². The lowest BCUT2D eigenvalue weighted by atomic mass is 10.2. The first-order chi connectivity index (χ1) is 26.2. The monoisotopic (exact) mass is 701 g/mol. The van der Waals surface area contributed by atoms with Crippen LogP contribution in [0.25, 0.3) is 55.0 Å². The van der Waals surface area contributed by atoms with Gasteiger partial charge in [-0.05, 0) is 72.8 Å². The molecule has 6 aromatic carbocycles. The summed E-state index contributed by atoms with van der Waals surface area (Å²) in [5.41, 5.74) is 7.28. The van der Waals surface area contributed by atoms with Gasteiger partial charge < -0.3 is 0 Å². The Labute approximate surface area is 306 Å². The molecule has 4 aromatic heterocycles. The van der Waals surface area contributed by atoms with Gasteiger partial charge in [0, 0.05) is 32.9 Å². The van der Waals surface area contributed by atoms with Gasteiger partial charge in [-0.25, -0.2) is 9.97 Å². The van der Waals surface area contributed by atoms with Crippen molar-refractivity contribution in [3.05, 3.63) is 194 Å². The number of nitrogens with zero attached hydrogens (tertiary/aromatic N) is 5. The van der Waals surface area contributed by atoms with Gasteiger partial charge in [0.05, 0.1) is 33.5 Å². The number of rotatable bonds is 7. The fraction of sp³-hybridized carbons (Fsp3) is 0. The molecule has 0 aliphatic rings. The van der Waals surface area contributed by atoms with Crippen LogP contribution in [0, 0.1) is 0 Å². The first kappa shape index (κ1) is 31.0. The van der Waals surface area contributed by atoms with Crippen LogP contribution in [-0.2, 0) is 4.57 Å². The highest BCUT2D eigenvalue weighted by Gasteiger charge is 2.37. The summed E-state index contributed by atoms with van der Waals surface area (Å²) in [6.45, 7) is 0. The zero-order chi connectivity index (χ0) is 35.4. The number of para-hydroxylation sites is 6. The molecule has 10 aromatic rings. The minimum absolute atomic E-state index is 0.461. The maximum atomic E-state index is 17.0. The van der Waals surface area contributed by atoms with E-state index in [1.54, 1.807) is 0 Å². The van der Waals surface area contributed by atoms with E-state index in [0.29, 0.717) is 16.8 Å². The van der Waals surface area contributed by atoms with E-state index < -0.39 is 7.44 Å². The van der Waals surface area contributed by atoms with Crippen LogP contribution in [0.15, 0.2) is 194 Å². The average molecular weight is 702 g/mol. The molecule has 0 atom stereocenters. The van der Waals surface area contributed by atoms with Gasteiger partial charge in [-0.2, -0.15) is 0 Å². The summed E-state index contributed by atoms with van der Waals surface area (Å²) in [5, 5.41) is 4.15. The molecular formula is C46H32N5OP. The minimum atomic E-state index is -3.85. The van der Waals surface area contributed by atoms with E-state index in [4.69, 9.17) is 9.97 Å². The maximum Gasteiger partial charge on any atom is 0.319 e. The standard InChI is InChI=1S/C46H32N5OP/c52-53(50-41-27-11-7-21-35(41)36-22-8-12-28-42(36)50,51-43-29-13-9-23-37(43)38-24-10-14-30-44(38)51)46-32-16-26-40(48-46)39-25-15-31-45(47-39)49(33-17-3-1-4-18-33)34-19-5-2-6-20-34/h1-32H. The van der Waals surface area contributed by atoms with Crippen LogP contribution in [0.4, 0.5) is 17.2 Å². The zero-order valence-corrected chi connectivity index (χ0v) is 29.5. The van der Waals surface area contributed by atoms with Crippen molar-refractivity contribution in [2.45, 2.75) is 0 Å². The highest BCUT2D eigenvalue weighted by molar-refractivity contribution is 7.69. The quantitative estimate of drug-likeness (QED) is 0.155. The first-order valence-electron chi connectivity index (χ1n) is 17.6. The summed E-state index contributed by atoms with van der Waals surface area (Å²) in [7, 11) is -3.85. The first-order valence-corrected chi connectivity index (χ1v) is 19.2. The number of fused-ring (bicyclic) bond motifs is 6. The molecule has 0 aliphatic heterocycles. The van der Waals surface area contributed by atoms with Crippen LogP contribution in [0.2, 0.25) is 0 Å². The summed E-state index contributed by atoms with van der Waals surface area (Å²) >= 11 is 0. The Kier molecular flexibility index (Phi) is 7.31. The summed E-state index contributed by atoms with van der Waals surface area (Å²) in [6, 6.07) is 65.1. The van der Waals surface area contributed by atoms with Gasteiger partial charge in [0.2, 0.25) is 0 Å². The molecule has 53 heavy (non-hydrogen) atoms. The number of anilines is 3. The van der Waals surface area contributed by atoms with E-state index in [-0.39, 0.29) is 0 Å². The van der Waals surface area contributed by atoms with E-state index in [0.717, 1.165) is 60.8 Å². The zero-order valence-electron chi connectivity index (χ0n) is 28.6. The van der Waals surface area contributed by atoms with Crippen LogP contribution in [0.3, 0.4) is 0 Å². The summed E-state index contributed by atoms with van der Waals surface area (Å²) in [5.74, 6) is 0.750. The van der Waals surface area contributed by atoms with Crippen LogP contribution >= 0.6 is 7.44 Å². The molecule has 7 heteroatoms. The number of hydrogen-bond donors (Lipinski definition) is 0. The van der Waals surface area contributed by atoms with Crippen molar-refractivity contribution in [3.63, 3.8) is 0 Å². The number of pyridine rings is 2. The van der Waals surface area contributed by atoms with E-state index in [1.807, 2.05) is 130 Å². The van der Waals surface area contributed by atoms with Gasteiger partial charge in [-0.15, -0.1) is 0 Å². The van der Waals surface area contributed by atoms with Crippen LogP contribution in [0.5, 0.6) is 0 Å². The fourth-order valence-electron chi connectivity index (χ4n) is 7.67. The van der Waals surface area contributed by atoms with Crippen LogP contribution in [0.1, 0.15) is 0 Å². The average Bonchev–Trinajstić information content (AvgIpc) is 3.76. The lowest BCUT2D eigenvalue weighted by molar-refractivity contribution is 0.572. The van der Waals surface area contributed by atoms with Gasteiger partial charge in [0.1, 0.15) is 11.3 Å². The van der Waals surface area contributed by atoms with Gasteiger partial charge >= 0.3 is 7.44 Å². The topological polar surface area (TPSA) is 56.0 Å². The smallest absolute Gasteiger partial charge is 0.295 e. The molecule has 252 valence electrons. The van der Waals surface area contributed by atoms with Crippen molar-refractivity contribution in [2.75, 3.05) is 4.90 Å². The fourth-order valence-corrected chi connectivity index (χ4v) is 10.6. The van der Waals surface area contributed by atoms with E-state index in [1.165, 1.54) is 0 Å². The van der Waals surface area contributed by atoms with Crippen molar-refractivity contribution in [1.82, 2.24) is 18.6 Å². The van der Waals surface area contributed by atoms with E-state index in [2.05, 4.69) is 77.7 Å². The summed E-state index contributed by atoms with van der Waals surface area (Å²) < 4.78 is 21.0. The molecule has 4 heterocycles. The van der Waals surface area contributed by atoms with Crippen LogP contribution < -0.4 is 10.3 Å². The Balaban J connectivity index is 1.24. The lowest BCUT2D eigenvalue weighted by Crippen LogP contribution is -2.21. The largest absolute Gasteiger partial charge is 0.319 e. The molecule has 0 saturated carbocycles. The van der Waals surface area contributed by atoms with Crippen molar-refractivity contribution in [3.8, 4) is 11.4 Å². The van der Waals surface area contributed by atoms with Crippen molar-refractivity contribution in [1.29, 1.82) is 0 Å². The molecule has 0 amide bonds. The number of benzene rings is 6. The van der Waals surface area contributed by atoms with E-state index in [9.17, 15) is 0 Å². The minimum Gasteiger partial charge on any atom is -0.295 e. The molecule has 0 fully saturated rings. The normalized spacial score (nSPS) is 11.8. The molecule has 0 N–H and O–H groups in total. The Bertz CT molecular complexity index is 2740. The Morgan fingerprint density at radius 3 is 1.21 bits per heavy atom. The molecule has 6 nitrogen and oxygen atoms in total. The second-order valence-corrected chi connectivity index (χ2v) is 15.4. The Hall–Kier alpha value is -6.75. The SMILES string of the molecule is O=P(c1cccc(-c2cccc(N(c3ccccc3)c3ccccc3)n2)n1)(n1c2ccccc2c2ccccc21)n1c2ccccc2c2ccccc21. The molecule has 0 radical (unpaired) electrons. The number of hydrogen-bond acceptors (Lipinski definition) is 4. The highest BCUT2D eigenvalue weighted by Crippen LogP contribution is 2.56. The third-order valence-electron chi connectivity index (χ3n) is 9.94. The number of aromatic nitrogens is 4. The molecule has 0 saturated heterocycles.